The van der Waals surface area contributed by atoms with Gasteiger partial charge in [-0.05, 0) is 43.0 Å². The average molecular weight is 327 g/mol. The summed E-state index contributed by atoms with van der Waals surface area (Å²) in [4.78, 5) is 4.81. The molecule has 5 nitrogen and oxygen atoms in total. The average Bonchev–Trinajstić information content (AvgIpc) is 2.56. The fraction of sp³-hybridized carbons (Fsp3) is 0.235. The van der Waals surface area contributed by atoms with Crippen LogP contribution in [-0.4, -0.2) is 14.4 Å². The van der Waals surface area contributed by atoms with Crippen LogP contribution in [0.1, 0.15) is 30.0 Å². The Morgan fingerprint density at radius 3 is 2.74 bits per heavy atom. The molecule has 0 amide bonds. The van der Waals surface area contributed by atoms with Crippen molar-refractivity contribution < 1.29 is 8.42 Å². The van der Waals surface area contributed by atoms with Crippen molar-refractivity contribution in [1.82, 2.24) is 4.72 Å². The van der Waals surface area contributed by atoms with E-state index < -0.39 is 10.0 Å². The van der Waals surface area contributed by atoms with Gasteiger partial charge < -0.3 is 5.32 Å². The van der Waals surface area contributed by atoms with Gasteiger partial charge in [0.15, 0.2) is 0 Å². The lowest BCUT2D eigenvalue weighted by Crippen LogP contribution is -2.38. The van der Waals surface area contributed by atoms with Crippen molar-refractivity contribution >= 4 is 21.7 Å². The molecule has 1 heterocycles. The van der Waals surface area contributed by atoms with Gasteiger partial charge >= 0.3 is 0 Å². The minimum atomic E-state index is -3.63. The van der Waals surface area contributed by atoms with Crippen LogP contribution in [0.4, 0.5) is 5.69 Å². The summed E-state index contributed by atoms with van der Waals surface area (Å²) in [5.74, 6) is 0.297. The lowest BCUT2D eigenvalue weighted by atomic mass is 9.86. The van der Waals surface area contributed by atoms with Crippen LogP contribution >= 0.6 is 0 Å². The van der Waals surface area contributed by atoms with Gasteiger partial charge in [0.05, 0.1) is 10.9 Å². The number of nitrogens with zero attached hydrogens (tertiary/aromatic N) is 1. The van der Waals surface area contributed by atoms with Gasteiger partial charge in [0.25, 0.3) is 10.0 Å². The maximum Gasteiger partial charge on any atom is 0.264 e. The van der Waals surface area contributed by atoms with Crippen molar-refractivity contribution in [3.8, 4) is 0 Å². The van der Waals surface area contributed by atoms with Gasteiger partial charge in [-0.3, -0.25) is 0 Å². The maximum atomic E-state index is 12.5. The summed E-state index contributed by atoms with van der Waals surface area (Å²) in [5, 5.41) is 3.12. The molecule has 0 fully saturated rings. The summed E-state index contributed by atoms with van der Waals surface area (Å²) < 4.78 is 27.5. The van der Waals surface area contributed by atoms with Crippen LogP contribution in [0.25, 0.3) is 0 Å². The van der Waals surface area contributed by atoms with Crippen LogP contribution in [0.5, 0.6) is 0 Å². The smallest absolute Gasteiger partial charge is 0.264 e. The van der Waals surface area contributed by atoms with Gasteiger partial charge in [0.2, 0.25) is 5.96 Å². The lowest BCUT2D eigenvalue weighted by molar-refractivity contribution is 0.567. The Morgan fingerprint density at radius 1 is 1.09 bits per heavy atom. The van der Waals surface area contributed by atoms with Gasteiger partial charge in [0, 0.05) is 11.3 Å². The van der Waals surface area contributed by atoms with Crippen LogP contribution < -0.4 is 10.0 Å². The zero-order valence-electron chi connectivity index (χ0n) is 12.5. The SMILES string of the molecule is O=S(=O)(NC1=NC2CCCc3cccc(c32)N1)c1ccccc1. The summed E-state index contributed by atoms with van der Waals surface area (Å²) >= 11 is 0. The van der Waals surface area contributed by atoms with Crippen LogP contribution in [0, 0.1) is 0 Å². The molecule has 23 heavy (non-hydrogen) atoms. The third-order valence-corrected chi connectivity index (χ3v) is 5.63. The molecule has 4 rings (SSSR count). The molecule has 2 N–H and O–H groups in total. The molecule has 0 aromatic heterocycles. The van der Waals surface area contributed by atoms with E-state index in [-0.39, 0.29) is 10.9 Å². The first-order valence-electron chi connectivity index (χ1n) is 7.68. The highest BCUT2D eigenvalue weighted by Gasteiger charge is 2.28. The Hall–Kier alpha value is -2.34. The molecule has 0 saturated heterocycles. The van der Waals surface area contributed by atoms with Crippen LogP contribution in [0.15, 0.2) is 58.4 Å². The van der Waals surface area contributed by atoms with Gasteiger partial charge in [-0.2, -0.15) is 0 Å². The van der Waals surface area contributed by atoms with E-state index in [4.69, 9.17) is 0 Å². The zero-order valence-corrected chi connectivity index (χ0v) is 13.3. The molecule has 1 aliphatic heterocycles. The minimum absolute atomic E-state index is 0.0321. The van der Waals surface area contributed by atoms with Crippen LogP contribution in [-0.2, 0) is 16.4 Å². The van der Waals surface area contributed by atoms with E-state index in [2.05, 4.69) is 21.1 Å². The number of rotatable bonds is 2. The number of anilines is 1. The van der Waals surface area contributed by atoms with E-state index in [0.29, 0.717) is 5.96 Å². The topological polar surface area (TPSA) is 70.6 Å². The first-order chi connectivity index (χ1) is 11.1. The van der Waals surface area contributed by atoms with Gasteiger partial charge in [-0.15, -0.1) is 0 Å². The highest BCUT2D eigenvalue weighted by molar-refractivity contribution is 7.90. The second kappa shape index (κ2) is 5.38. The first-order valence-corrected chi connectivity index (χ1v) is 9.16. The molecular weight excluding hydrogens is 310 g/mol. The summed E-state index contributed by atoms with van der Waals surface area (Å²) in [6.07, 6.45) is 3.08. The number of guanidine groups is 1. The number of nitrogens with one attached hydrogen (secondary N) is 2. The number of aliphatic imine (C=N–C) groups is 1. The molecule has 0 radical (unpaired) electrons. The second-order valence-corrected chi connectivity index (χ2v) is 7.49. The van der Waals surface area contributed by atoms with E-state index >= 15 is 0 Å². The number of aryl methyl sites for hydroxylation is 1. The number of sulfonamides is 1. The highest BCUT2D eigenvalue weighted by Crippen LogP contribution is 2.39. The van der Waals surface area contributed by atoms with Crippen LogP contribution in [0.2, 0.25) is 0 Å². The monoisotopic (exact) mass is 327 g/mol. The molecule has 0 bridgehead atoms. The van der Waals surface area contributed by atoms with E-state index in [1.165, 1.54) is 11.1 Å². The predicted octanol–water partition coefficient (Wildman–Crippen LogP) is 2.82. The molecule has 1 atom stereocenters. The van der Waals surface area contributed by atoms with E-state index in [1.54, 1.807) is 30.3 Å². The lowest BCUT2D eigenvalue weighted by Gasteiger charge is -2.30. The molecule has 0 saturated carbocycles. The third-order valence-electron chi connectivity index (χ3n) is 4.28. The standard InChI is InChI=1S/C17H17N3O2S/c21-23(22,13-8-2-1-3-9-13)20-17-18-14-10-4-6-12-7-5-11-15(19-17)16(12)14/h1-4,6,8-10,15H,5,7,11H2,(H2,18,19,20). The molecule has 118 valence electrons. The van der Waals surface area contributed by atoms with Crippen molar-refractivity contribution in [1.29, 1.82) is 0 Å². The Balaban J connectivity index is 1.66. The molecule has 2 aliphatic rings. The number of hydrogen-bond acceptors (Lipinski definition) is 4. The second-order valence-electron chi connectivity index (χ2n) is 5.81. The van der Waals surface area contributed by atoms with Gasteiger partial charge in [0.1, 0.15) is 0 Å². The zero-order chi connectivity index (χ0) is 15.9. The third kappa shape index (κ3) is 2.59. The largest absolute Gasteiger partial charge is 0.325 e. The van der Waals surface area contributed by atoms with E-state index in [0.717, 1.165) is 24.9 Å². The predicted molar refractivity (Wildman–Crippen MR) is 89.9 cm³/mol. The quantitative estimate of drug-likeness (QED) is 0.891. The maximum absolute atomic E-state index is 12.5. The summed E-state index contributed by atoms with van der Waals surface area (Å²) in [6, 6.07) is 14.5. The number of benzene rings is 2. The minimum Gasteiger partial charge on any atom is -0.325 e. The van der Waals surface area contributed by atoms with E-state index in [1.807, 2.05) is 12.1 Å². The Morgan fingerprint density at radius 2 is 1.91 bits per heavy atom. The molecule has 1 unspecified atom stereocenters. The molecule has 1 aliphatic carbocycles. The Kier molecular flexibility index (Phi) is 3.34. The Bertz CT molecular complexity index is 876. The fourth-order valence-electron chi connectivity index (χ4n) is 3.25. The summed E-state index contributed by atoms with van der Waals surface area (Å²) in [5.41, 5.74) is 3.47. The normalized spacial score (nSPS) is 19.3. The fourth-order valence-corrected chi connectivity index (χ4v) is 4.24. The summed E-state index contributed by atoms with van der Waals surface area (Å²) in [6.45, 7) is 0. The highest BCUT2D eigenvalue weighted by atomic mass is 32.2. The molecule has 2 aromatic rings. The van der Waals surface area contributed by atoms with E-state index in [9.17, 15) is 8.42 Å². The van der Waals surface area contributed by atoms with Crippen molar-refractivity contribution in [2.24, 2.45) is 4.99 Å². The van der Waals surface area contributed by atoms with Gasteiger partial charge in [-0.1, -0.05) is 30.3 Å². The van der Waals surface area contributed by atoms with Crippen molar-refractivity contribution in [2.75, 3.05) is 5.32 Å². The van der Waals surface area contributed by atoms with Crippen molar-refractivity contribution in [2.45, 2.75) is 30.2 Å². The van der Waals surface area contributed by atoms with Crippen molar-refractivity contribution in [3.05, 3.63) is 59.7 Å². The molecule has 2 aromatic carbocycles. The molecule has 0 spiro atoms. The molecular formula is C17H17N3O2S. The summed E-state index contributed by atoms with van der Waals surface area (Å²) in [7, 11) is -3.63. The van der Waals surface area contributed by atoms with Gasteiger partial charge in [-0.25, -0.2) is 18.1 Å². The van der Waals surface area contributed by atoms with Crippen LogP contribution in [0.3, 0.4) is 0 Å². The molecule has 6 heteroatoms. The Labute approximate surface area is 135 Å². The van der Waals surface area contributed by atoms with Crippen molar-refractivity contribution in [3.63, 3.8) is 0 Å². The first kappa shape index (κ1) is 14.3. The number of hydrogen-bond donors (Lipinski definition) is 2.